The summed E-state index contributed by atoms with van der Waals surface area (Å²) in [7, 11) is 0. The van der Waals surface area contributed by atoms with Crippen LogP contribution >= 0.6 is 0 Å². The number of hydrogen-bond acceptors (Lipinski definition) is 4. The molecule has 0 radical (unpaired) electrons. The average Bonchev–Trinajstić information content (AvgIpc) is 2.85. The van der Waals surface area contributed by atoms with Crippen LogP contribution in [0.25, 0.3) is 0 Å². The van der Waals surface area contributed by atoms with E-state index in [4.69, 9.17) is 14.4 Å². The van der Waals surface area contributed by atoms with Crippen molar-refractivity contribution in [1.82, 2.24) is 0 Å². The zero-order chi connectivity index (χ0) is 13.4. The van der Waals surface area contributed by atoms with Gasteiger partial charge in [-0.15, -0.1) is 0 Å². The third-order valence-corrected chi connectivity index (χ3v) is 3.00. The Morgan fingerprint density at radius 3 is 2.61 bits per heavy atom. The van der Waals surface area contributed by atoms with Gasteiger partial charge in [-0.2, -0.15) is 5.26 Å². The first-order chi connectivity index (χ1) is 8.35. The monoisotopic (exact) mass is 247 g/mol. The van der Waals surface area contributed by atoms with E-state index in [0.29, 0.717) is 12.2 Å². The van der Waals surface area contributed by atoms with Crippen molar-refractivity contribution in [2.75, 3.05) is 0 Å². The Bertz CT molecular complexity index is 498. The highest BCUT2D eigenvalue weighted by Gasteiger charge is 2.49. The van der Waals surface area contributed by atoms with E-state index in [1.54, 1.807) is 12.1 Å². The van der Waals surface area contributed by atoms with Gasteiger partial charge in [0.2, 0.25) is 5.76 Å². The number of rotatable bonds is 3. The Kier molecular flexibility index (Phi) is 2.94. The first kappa shape index (κ1) is 12.7. The SMILES string of the molecule is CC(C)(C)OC(=O)CC1(c2ccc(C#N)o2)CC1. The average molecular weight is 247 g/mol. The number of hydrogen-bond donors (Lipinski definition) is 0. The molecule has 96 valence electrons. The lowest BCUT2D eigenvalue weighted by molar-refractivity contribution is -0.155. The highest BCUT2D eigenvalue weighted by Crippen LogP contribution is 2.51. The van der Waals surface area contributed by atoms with Crippen molar-refractivity contribution in [3.05, 3.63) is 23.7 Å². The normalized spacial score (nSPS) is 17.0. The van der Waals surface area contributed by atoms with Crippen molar-refractivity contribution >= 4 is 5.97 Å². The van der Waals surface area contributed by atoms with Crippen LogP contribution < -0.4 is 0 Å². The predicted octanol–water partition coefficient (Wildman–Crippen LogP) is 2.91. The van der Waals surface area contributed by atoms with E-state index in [1.165, 1.54) is 0 Å². The van der Waals surface area contributed by atoms with Gasteiger partial charge in [-0.1, -0.05) is 0 Å². The molecule has 2 rings (SSSR count). The van der Waals surface area contributed by atoms with Crippen LogP contribution in [0.2, 0.25) is 0 Å². The van der Waals surface area contributed by atoms with Crippen LogP contribution in [0, 0.1) is 11.3 Å². The van der Waals surface area contributed by atoms with Crippen LogP contribution in [-0.2, 0) is 14.9 Å². The summed E-state index contributed by atoms with van der Waals surface area (Å²) in [4.78, 5) is 11.8. The summed E-state index contributed by atoms with van der Waals surface area (Å²) in [5, 5.41) is 8.74. The van der Waals surface area contributed by atoms with Crippen molar-refractivity contribution in [1.29, 1.82) is 5.26 Å². The second-order valence-corrected chi connectivity index (χ2v) is 5.82. The number of furan rings is 1. The second kappa shape index (κ2) is 4.16. The number of nitriles is 1. The molecule has 4 nitrogen and oxygen atoms in total. The van der Waals surface area contributed by atoms with E-state index < -0.39 is 5.60 Å². The number of nitrogens with zero attached hydrogens (tertiary/aromatic N) is 1. The fourth-order valence-electron chi connectivity index (χ4n) is 2.00. The van der Waals surface area contributed by atoms with Crippen LogP contribution in [0.5, 0.6) is 0 Å². The number of carbonyl (C=O) groups excluding carboxylic acids is 1. The zero-order valence-corrected chi connectivity index (χ0v) is 10.9. The van der Waals surface area contributed by atoms with Crippen LogP contribution in [0.4, 0.5) is 0 Å². The second-order valence-electron chi connectivity index (χ2n) is 5.82. The fourth-order valence-corrected chi connectivity index (χ4v) is 2.00. The molecule has 1 heterocycles. The molecule has 1 aromatic rings. The molecular weight excluding hydrogens is 230 g/mol. The maximum atomic E-state index is 11.8. The number of carbonyl (C=O) groups is 1. The Morgan fingerprint density at radius 2 is 2.17 bits per heavy atom. The smallest absolute Gasteiger partial charge is 0.307 e. The molecule has 0 aromatic carbocycles. The molecular formula is C14H17NO3. The van der Waals surface area contributed by atoms with Crippen molar-refractivity contribution in [2.24, 2.45) is 0 Å². The van der Waals surface area contributed by atoms with Gasteiger partial charge in [0.1, 0.15) is 17.4 Å². The van der Waals surface area contributed by atoms with Crippen LogP contribution in [-0.4, -0.2) is 11.6 Å². The van der Waals surface area contributed by atoms with Gasteiger partial charge in [-0.3, -0.25) is 4.79 Å². The molecule has 1 aromatic heterocycles. The van der Waals surface area contributed by atoms with E-state index >= 15 is 0 Å². The summed E-state index contributed by atoms with van der Waals surface area (Å²) in [6.45, 7) is 5.56. The fraction of sp³-hybridized carbons (Fsp3) is 0.571. The van der Waals surface area contributed by atoms with Gasteiger partial charge in [0, 0.05) is 5.41 Å². The van der Waals surface area contributed by atoms with E-state index in [0.717, 1.165) is 18.6 Å². The molecule has 0 N–H and O–H groups in total. The van der Waals surface area contributed by atoms with E-state index in [1.807, 2.05) is 26.8 Å². The Balaban J connectivity index is 2.05. The first-order valence-electron chi connectivity index (χ1n) is 6.07. The minimum atomic E-state index is -0.464. The van der Waals surface area contributed by atoms with E-state index in [9.17, 15) is 4.79 Å². The molecule has 0 aliphatic heterocycles. The summed E-state index contributed by atoms with van der Waals surface area (Å²) in [6.07, 6.45) is 2.14. The summed E-state index contributed by atoms with van der Waals surface area (Å²) < 4.78 is 10.7. The standard InChI is InChI=1S/C14H17NO3/c1-13(2,3)18-12(16)8-14(6-7-14)11-5-4-10(9-15)17-11/h4-5H,6-8H2,1-3H3. The molecule has 0 saturated heterocycles. The zero-order valence-electron chi connectivity index (χ0n) is 10.9. The molecule has 1 saturated carbocycles. The third kappa shape index (κ3) is 2.73. The van der Waals surface area contributed by atoms with Crippen molar-refractivity contribution in [3.63, 3.8) is 0 Å². The molecule has 0 unspecified atom stereocenters. The molecule has 1 aliphatic rings. The van der Waals surface area contributed by atoms with Gasteiger partial charge >= 0.3 is 5.97 Å². The maximum absolute atomic E-state index is 11.8. The molecule has 18 heavy (non-hydrogen) atoms. The minimum Gasteiger partial charge on any atom is -0.460 e. The Hall–Kier alpha value is -1.76. The van der Waals surface area contributed by atoms with Crippen LogP contribution in [0.1, 0.15) is 51.6 Å². The highest BCUT2D eigenvalue weighted by molar-refractivity contribution is 5.72. The topological polar surface area (TPSA) is 63.2 Å². The summed E-state index contributed by atoms with van der Waals surface area (Å²) >= 11 is 0. The van der Waals surface area contributed by atoms with Crippen LogP contribution in [0.15, 0.2) is 16.5 Å². The lowest BCUT2D eigenvalue weighted by atomic mass is 9.99. The van der Waals surface area contributed by atoms with E-state index in [-0.39, 0.29) is 11.4 Å². The van der Waals surface area contributed by atoms with Crippen molar-refractivity contribution in [2.45, 2.75) is 51.0 Å². The molecule has 0 atom stereocenters. The van der Waals surface area contributed by atoms with Gasteiger partial charge in [-0.25, -0.2) is 0 Å². The molecule has 0 amide bonds. The van der Waals surface area contributed by atoms with Crippen LogP contribution in [0.3, 0.4) is 0 Å². The Labute approximate surface area is 107 Å². The first-order valence-corrected chi connectivity index (χ1v) is 6.07. The molecule has 1 fully saturated rings. The van der Waals surface area contributed by atoms with Gasteiger partial charge in [0.15, 0.2) is 0 Å². The van der Waals surface area contributed by atoms with E-state index in [2.05, 4.69) is 0 Å². The van der Waals surface area contributed by atoms with Gasteiger partial charge in [0.05, 0.1) is 6.42 Å². The maximum Gasteiger partial charge on any atom is 0.307 e. The quantitative estimate of drug-likeness (QED) is 0.770. The predicted molar refractivity (Wildman–Crippen MR) is 64.8 cm³/mol. The lowest BCUT2D eigenvalue weighted by Gasteiger charge is -2.21. The Morgan fingerprint density at radius 1 is 1.50 bits per heavy atom. The third-order valence-electron chi connectivity index (χ3n) is 3.00. The van der Waals surface area contributed by atoms with Gasteiger partial charge in [0.25, 0.3) is 0 Å². The molecule has 0 bridgehead atoms. The summed E-state index contributed by atoms with van der Waals surface area (Å²) in [5.41, 5.74) is -0.703. The number of ether oxygens (including phenoxy) is 1. The molecule has 1 aliphatic carbocycles. The van der Waals surface area contributed by atoms with Gasteiger partial charge in [-0.05, 0) is 45.7 Å². The molecule has 0 spiro atoms. The summed E-state index contributed by atoms with van der Waals surface area (Å²) in [6, 6.07) is 5.39. The highest BCUT2D eigenvalue weighted by atomic mass is 16.6. The molecule has 4 heteroatoms. The minimum absolute atomic E-state index is 0.213. The van der Waals surface area contributed by atoms with Crippen molar-refractivity contribution in [3.8, 4) is 6.07 Å². The largest absolute Gasteiger partial charge is 0.460 e. The van der Waals surface area contributed by atoms with Crippen molar-refractivity contribution < 1.29 is 13.9 Å². The summed E-state index contributed by atoms with van der Waals surface area (Å²) in [5.74, 6) is 0.806. The van der Waals surface area contributed by atoms with Gasteiger partial charge < -0.3 is 9.15 Å². The number of esters is 1. The lowest BCUT2D eigenvalue weighted by Crippen LogP contribution is -2.26.